The summed E-state index contributed by atoms with van der Waals surface area (Å²) in [5.74, 6) is 0. The lowest BCUT2D eigenvalue weighted by Crippen LogP contribution is -2.08. The lowest BCUT2D eigenvalue weighted by atomic mass is 9.99. The van der Waals surface area contributed by atoms with E-state index < -0.39 is 11.7 Å². The third-order valence-corrected chi connectivity index (χ3v) is 2.19. The molecule has 1 aromatic rings. The Kier molecular flexibility index (Phi) is 2.69. The summed E-state index contributed by atoms with van der Waals surface area (Å²) in [5.41, 5.74) is 1.01. The molecule has 0 amide bonds. The van der Waals surface area contributed by atoms with Gasteiger partial charge in [0.1, 0.15) is 0 Å². The van der Waals surface area contributed by atoms with E-state index in [-0.39, 0.29) is 5.56 Å². The van der Waals surface area contributed by atoms with E-state index in [1.54, 1.807) is 13.8 Å². The van der Waals surface area contributed by atoms with Gasteiger partial charge < -0.3 is 0 Å². The van der Waals surface area contributed by atoms with Crippen LogP contribution in [0.5, 0.6) is 0 Å². The lowest BCUT2D eigenvalue weighted by molar-refractivity contribution is -0.137. The van der Waals surface area contributed by atoms with Gasteiger partial charge in [0.25, 0.3) is 0 Å². The largest absolute Gasteiger partial charge is 0.416 e. The van der Waals surface area contributed by atoms with Gasteiger partial charge in [0.2, 0.25) is 0 Å². The van der Waals surface area contributed by atoms with Crippen LogP contribution < -0.4 is 0 Å². The van der Waals surface area contributed by atoms with Gasteiger partial charge in [0, 0.05) is 0 Å². The molecule has 0 aliphatic heterocycles. The summed E-state index contributed by atoms with van der Waals surface area (Å²) in [4.78, 5) is 0. The van der Waals surface area contributed by atoms with Gasteiger partial charge in [-0.3, -0.25) is 0 Å². The second-order valence-corrected chi connectivity index (χ2v) is 3.23. The van der Waals surface area contributed by atoms with Crippen molar-refractivity contribution in [3.63, 3.8) is 0 Å². The number of hydrogen-bond acceptors (Lipinski definition) is 0. The number of rotatable bonds is 1. The predicted octanol–water partition coefficient (Wildman–Crippen LogP) is 3.97. The maximum Gasteiger partial charge on any atom is 0.416 e. The SMILES string of the molecule is C=Cc1cc(C)c(C)cc1C(F)(F)F. The molecule has 3 heteroatoms. The normalized spacial score (nSPS) is 11.5. The molecule has 0 radical (unpaired) electrons. The molecule has 0 saturated carbocycles. The standard InChI is InChI=1S/C11H11F3/c1-4-9-5-7(2)8(3)6-10(9)11(12,13)14/h4-6H,1H2,2-3H3. The highest BCUT2D eigenvalue weighted by molar-refractivity contribution is 5.55. The van der Waals surface area contributed by atoms with Crippen molar-refractivity contribution >= 4 is 6.08 Å². The number of hydrogen-bond donors (Lipinski definition) is 0. The van der Waals surface area contributed by atoms with Crippen molar-refractivity contribution in [2.45, 2.75) is 20.0 Å². The van der Waals surface area contributed by atoms with Crippen molar-refractivity contribution in [3.8, 4) is 0 Å². The maximum atomic E-state index is 12.5. The zero-order chi connectivity index (χ0) is 10.9. The van der Waals surface area contributed by atoms with Crippen molar-refractivity contribution in [3.05, 3.63) is 41.0 Å². The van der Waals surface area contributed by atoms with Crippen LogP contribution in [-0.2, 0) is 6.18 Å². The number of aryl methyl sites for hydroxylation is 2. The zero-order valence-electron chi connectivity index (χ0n) is 8.07. The molecule has 76 valence electrons. The van der Waals surface area contributed by atoms with Gasteiger partial charge in [-0.2, -0.15) is 13.2 Å². The highest BCUT2D eigenvalue weighted by Crippen LogP contribution is 2.33. The van der Waals surface area contributed by atoms with E-state index in [9.17, 15) is 13.2 Å². The molecule has 0 atom stereocenters. The van der Waals surface area contributed by atoms with Crippen LogP contribution in [0, 0.1) is 13.8 Å². The summed E-state index contributed by atoms with van der Waals surface area (Å²) in [6.45, 7) is 6.82. The van der Waals surface area contributed by atoms with Gasteiger partial charge in [0.05, 0.1) is 5.56 Å². The van der Waals surface area contributed by atoms with Crippen molar-refractivity contribution < 1.29 is 13.2 Å². The Hall–Kier alpha value is -1.25. The molecule has 0 bridgehead atoms. The van der Waals surface area contributed by atoms with Crippen LogP contribution in [-0.4, -0.2) is 0 Å². The minimum atomic E-state index is -4.30. The minimum Gasteiger partial charge on any atom is -0.166 e. The van der Waals surface area contributed by atoms with E-state index >= 15 is 0 Å². The molecule has 0 heterocycles. The summed E-state index contributed by atoms with van der Waals surface area (Å²) >= 11 is 0. The van der Waals surface area contributed by atoms with Crippen LogP contribution in [0.15, 0.2) is 18.7 Å². The van der Waals surface area contributed by atoms with Crippen molar-refractivity contribution in [2.24, 2.45) is 0 Å². The number of alkyl halides is 3. The second kappa shape index (κ2) is 3.48. The Balaban J connectivity index is 3.42. The minimum absolute atomic E-state index is 0.139. The van der Waals surface area contributed by atoms with Gasteiger partial charge in [0.15, 0.2) is 0 Å². The van der Waals surface area contributed by atoms with Gasteiger partial charge in [-0.1, -0.05) is 18.7 Å². The molecule has 1 rings (SSSR count). The van der Waals surface area contributed by atoms with Gasteiger partial charge in [-0.15, -0.1) is 0 Å². The summed E-state index contributed by atoms with van der Waals surface area (Å²) in [6, 6.07) is 2.66. The topological polar surface area (TPSA) is 0 Å². The summed E-state index contributed by atoms with van der Waals surface area (Å²) in [5, 5.41) is 0. The molecule has 1 aromatic carbocycles. The monoisotopic (exact) mass is 200 g/mol. The summed E-state index contributed by atoms with van der Waals surface area (Å²) in [7, 11) is 0. The Morgan fingerprint density at radius 2 is 1.64 bits per heavy atom. The fourth-order valence-electron chi connectivity index (χ4n) is 1.25. The molecule has 0 N–H and O–H groups in total. The van der Waals surface area contributed by atoms with Crippen LogP contribution in [0.25, 0.3) is 6.08 Å². The Labute approximate surface area is 81.1 Å². The molecule has 14 heavy (non-hydrogen) atoms. The molecule has 0 aliphatic carbocycles. The number of halogens is 3. The fraction of sp³-hybridized carbons (Fsp3) is 0.273. The third-order valence-electron chi connectivity index (χ3n) is 2.19. The van der Waals surface area contributed by atoms with Crippen LogP contribution >= 0.6 is 0 Å². The predicted molar refractivity (Wildman–Crippen MR) is 51.0 cm³/mol. The van der Waals surface area contributed by atoms with Crippen molar-refractivity contribution in [2.75, 3.05) is 0 Å². The molecule has 0 aliphatic rings. The Morgan fingerprint density at radius 1 is 1.14 bits per heavy atom. The number of benzene rings is 1. The van der Waals surface area contributed by atoms with E-state index in [4.69, 9.17) is 0 Å². The molecular weight excluding hydrogens is 189 g/mol. The first-order valence-electron chi connectivity index (χ1n) is 4.17. The second-order valence-electron chi connectivity index (χ2n) is 3.23. The quantitative estimate of drug-likeness (QED) is 0.643. The molecule has 0 aromatic heterocycles. The van der Waals surface area contributed by atoms with E-state index in [0.29, 0.717) is 5.56 Å². The van der Waals surface area contributed by atoms with Crippen molar-refractivity contribution in [1.82, 2.24) is 0 Å². The van der Waals surface area contributed by atoms with Crippen LogP contribution in [0.3, 0.4) is 0 Å². The summed E-state index contributed by atoms with van der Waals surface area (Å²) in [6.07, 6.45) is -3.07. The van der Waals surface area contributed by atoms with Gasteiger partial charge in [-0.05, 0) is 36.6 Å². The smallest absolute Gasteiger partial charge is 0.166 e. The highest BCUT2D eigenvalue weighted by Gasteiger charge is 2.32. The van der Waals surface area contributed by atoms with E-state index in [1.807, 2.05) is 0 Å². The van der Waals surface area contributed by atoms with Crippen molar-refractivity contribution in [1.29, 1.82) is 0 Å². The zero-order valence-corrected chi connectivity index (χ0v) is 8.07. The Morgan fingerprint density at radius 3 is 2.07 bits per heavy atom. The first-order valence-corrected chi connectivity index (χ1v) is 4.17. The average Bonchev–Trinajstić information content (AvgIpc) is 2.07. The fourth-order valence-corrected chi connectivity index (χ4v) is 1.25. The van der Waals surface area contributed by atoms with E-state index in [2.05, 4.69) is 6.58 Å². The molecule has 0 unspecified atom stereocenters. The maximum absolute atomic E-state index is 12.5. The first-order chi connectivity index (χ1) is 6.36. The van der Waals surface area contributed by atoms with Gasteiger partial charge in [-0.25, -0.2) is 0 Å². The molecule has 0 spiro atoms. The Bertz CT molecular complexity index is 362. The average molecular weight is 200 g/mol. The van der Waals surface area contributed by atoms with Gasteiger partial charge >= 0.3 is 6.18 Å². The van der Waals surface area contributed by atoms with Crippen LogP contribution in [0.4, 0.5) is 13.2 Å². The summed E-state index contributed by atoms with van der Waals surface area (Å²) < 4.78 is 37.5. The molecular formula is C11H11F3. The lowest BCUT2D eigenvalue weighted by Gasteiger charge is -2.12. The molecule has 0 fully saturated rings. The van der Waals surface area contributed by atoms with E-state index in [0.717, 1.165) is 11.6 Å². The van der Waals surface area contributed by atoms with Crippen LogP contribution in [0.2, 0.25) is 0 Å². The first kappa shape index (κ1) is 10.8. The van der Waals surface area contributed by atoms with E-state index in [1.165, 1.54) is 12.1 Å². The third kappa shape index (κ3) is 1.97. The molecule has 0 nitrogen and oxygen atoms in total. The molecule has 0 saturated heterocycles. The highest BCUT2D eigenvalue weighted by atomic mass is 19.4. The van der Waals surface area contributed by atoms with Crippen LogP contribution in [0.1, 0.15) is 22.3 Å².